The summed E-state index contributed by atoms with van der Waals surface area (Å²) in [5.74, 6) is 0.836. The molecule has 0 unspecified atom stereocenters. The molecule has 1 aromatic carbocycles. The molecule has 0 bridgehead atoms. The van der Waals surface area contributed by atoms with Crippen LogP contribution in [0, 0.1) is 6.92 Å². The number of halogens is 2. The average molecular weight is 312 g/mol. The molecule has 7 heteroatoms. The molecule has 0 aliphatic carbocycles. The van der Waals surface area contributed by atoms with Crippen molar-refractivity contribution < 1.29 is 4.74 Å². The molecule has 96 valence electrons. The van der Waals surface area contributed by atoms with E-state index in [0.29, 0.717) is 10.8 Å². The van der Waals surface area contributed by atoms with Crippen LogP contribution < -0.4 is 4.74 Å². The van der Waals surface area contributed by atoms with Gasteiger partial charge in [-0.05, 0) is 30.7 Å². The highest BCUT2D eigenvalue weighted by Crippen LogP contribution is 2.31. The third-order valence-electron chi connectivity index (χ3n) is 2.36. The van der Waals surface area contributed by atoms with Crippen LogP contribution in [0.15, 0.2) is 24.4 Å². The number of rotatable bonds is 2. The Morgan fingerprint density at radius 3 is 2.89 bits per heavy atom. The quantitative estimate of drug-likeness (QED) is 0.654. The van der Waals surface area contributed by atoms with Crippen LogP contribution in [0.25, 0.3) is 10.2 Å². The lowest BCUT2D eigenvalue weighted by Crippen LogP contribution is -1.91. The zero-order valence-corrected chi connectivity index (χ0v) is 12.1. The molecule has 19 heavy (non-hydrogen) atoms. The summed E-state index contributed by atoms with van der Waals surface area (Å²) in [5, 5.41) is 1.40. The normalized spacial score (nSPS) is 10.9. The van der Waals surface area contributed by atoms with Gasteiger partial charge in [0, 0.05) is 6.07 Å². The van der Waals surface area contributed by atoms with E-state index >= 15 is 0 Å². The maximum absolute atomic E-state index is 5.95. The van der Waals surface area contributed by atoms with Crippen molar-refractivity contribution in [2.24, 2.45) is 0 Å². The molecule has 0 aliphatic heterocycles. The maximum Gasteiger partial charge on any atom is 0.242 e. The van der Waals surface area contributed by atoms with E-state index < -0.39 is 0 Å². The Morgan fingerprint density at radius 2 is 2.05 bits per heavy atom. The molecule has 0 saturated carbocycles. The summed E-state index contributed by atoms with van der Waals surface area (Å²) in [6.07, 6.45) is 1.40. The first-order valence-corrected chi connectivity index (χ1v) is 6.92. The smallest absolute Gasteiger partial charge is 0.242 e. The van der Waals surface area contributed by atoms with E-state index in [1.807, 2.05) is 25.1 Å². The topological polar surface area (TPSA) is 47.9 Å². The van der Waals surface area contributed by atoms with Crippen LogP contribution in [0.5, 0.6) is 11.6 Å². The number of benzene rings is 1. The number of fused-ring (bicyclic) bond motifs is 1. The second kappa shape index (κ2) is 4.92. The highest BCUT2D eigenvalue weighted by atomic mass is 35.5. The molecule has 0 aliphatic rings. The highest BCUT2D eigenvalue weighted by Gasteiger charge is 2.08. The number of nitrogens with zero attached hydrogens (tertiary/aromatic N) is 3. The number of aromatic nitrogens is 3. The van der Waals surface area contributed by atoms with Crippen molar-refractivity contribution in [2.45, 2.75) is 6.92 Å². The standard InChI is InChI=1S/C12H7Cl2N3OS/c1-6-16-9-4-7(2-3-10(9)19-6)18-11-8(13)5-15-12(14)17-11/h2-5H,1H3. The van der Waals surface area contributed by atoms with Crippen molar-refractivity contribution in [3.8, 4) is 11.6 Å². The third kappa shape index (κ3) is 2.63. The number of ether oxygens (including phenoxy) is 1. The van der Waals surface area contributed by atoms with Crippen molar-refractivity contribution in [2.75, 3.05) is 0 Å². The van der Waals surface area contributed by atoms with Crippen LogP contribution in [0.3, 0.4) is 0 Å². The molecule has 2 heterocycles. The molecule has 3 rings (SSSR count). The van der Waals surface area contributed by atoms with Gasteiger partial charge in [0.1, 0.15) is 10.8 Å². The van der Waals surface area contributed by atoms with Gasteiger partial charge in [-0.2, -0.15) is 4.98 Å². The monoisotopic (exact) mass is 311 g/mol. The molecule has 0 radical (unpaired) electrons. The van der Waals surface area contributed by atoms with Crippen molar-refractivity contribution >= 4 is 44.8 Å². The Morgan fingerprint density at radius 1 is 1.21 bits per heavy atom. The molecule has 0 amide bonds. The van der Waals surface area contributed by atoms with Crippen molar-refractivity contribution in [1.29, 1.82) is 0 Å². The fourth-order valence-electron chi connectivity index (χ4n) is 1.60. The molecule has 0 N–H and O–H groups in total. The van der Waals surface area contributed by atoms with Crippen LogP contribution in [-0.4, -0.2) is 15.0 Å². The van der Waals surface area contributed by atoms with Crippen LogP contribution in [0.4, 0.5) is 0 Å². The van der Waals surface area contributed by atoms with E-state index in [0.717, 1.165) is 15.2 Å². The van der Waals surface area contributed by atoms with E-state index in [1.165, 1.54) is 6.20 Å². The summed E-state index contributed by atoms with van der Waals surface area (Å²) in [4.78, 5) is 12.1. The van der Waals surface area contributed by atoms with E-state index in [-0.39, 0.29) is 11.2 Å². The van der Waals surface area contributed by atoms with Crippen LogP contribution in [0.1, 0.15) is 5.01 Å². The highest BCUT2D eigenvalue weighted by molar-refractivity contribution is 7.18. The first-order chi connectivity index (χ1) is 9.11. The summed E-state index contributed by atoms with van der Waals surface area (Å²) in [5.41, 5.74) is 0.885. The fraction of sp³-hybridized carbons (Fsp3) is 0.0833. The van der Waals surface area contributed by atoms with Gasteiger partial charge >= 0.3 is 0 Å². The van der Waals surface area contributed by atoms with Crippen molar-refractivity contribution in [3.05, 3.63) is 39.7 Å². The Bertz CT molecular complexity index is 760. The number of thiazole rings is 1. The van der Waals surface area contributed by atoms with Crippen molar-refractivity contribution in [1.82, 2.24) is 15.0 Å². The molecule has 2 aromatic heterocycles. The van der Waals surface area contributed by atoms with Gasteiger partial charge in [0.05, 0.1) is 21.4 Å². The average Bonchev–Trinajstić information content (AvgIpc) is 2.73. The van der Waals surface area contributed by atoms with E-state index in [4.69, 9.17) is 27.9 Å². The lowest BCUT2D eigenvalue weighted by atomic mass is 10.3. The molecular formula is C12H7Cl2N3OS. The van der Waals surface area contributed by atoms with Gasteiger partial charge in [-0.3, -0.25) is 0 Å². The van der Waals surface area contributed by atoms with E-state index in [9.17, 15) is 0 Å². The van der Waals surface area contributed by atoms with Gasteiger partial charge in [-0.15, -0.1) is 11.3 Å². The lowest BCUT2D eigenvalue weighted by Gasteiger charge is -2.05. The van der Waals surface area contributed by atoms with Gasteiger partial charge in [-0.1, -0.05) is 11.6 Å². The second-order valence-electron chi connectivity index (χ2n) is 3.76. The SMILES string of the molecule is Cc1nc2cc(Oc3nc(Cl)ncc3Cl)ccc2s1. The lowest BCUT2D eigenvalue weighted by molar-refractivity contribution is 0.462. The largest absolute Gasteiger partial charge is 0.437 e. The molecular weight excluding hydrogens is 305 g/mol. The van der Waals surface area contributed by atoms with Gasteiger partial charge in [-0.25, -0.2) is 9.97 Å². The summed E-state index contributed by atoms with van der Waals surface area (Å²) in [6.45, 7) is 1.96. The van der Waals surface area contributed by atoms with Crippen LogP contribution in [0.2, 0.25) is 10.3 Å². The van der Waals surface area contributed by atoms with Crippen LogP contribution in [-0.2, 0) is 0 Å². The summed E-state index contributed by atoms with van der Waals surface area (Å²) in [7, 11) is 0. The number of hydrogen-bond acceptors (Lipinski definition) is 5. The number of hydrogen-bond donors (Lipinski definition) is 0. The summed E-state index contributed by atoms with van der Waals surface area (Å²) in [6, 6.07) is 5.63. The Hall–Kier alpha value is -1.43. The second-order valence-corrected chi connectivity index (χ2v) is 5.74. The van der Waals surface area contributed by atoms with Gasteiger partial charge in [0.25, 0.3) is 0 Å². The summed E-state index contributed by atoms with van der Waals surface area (Å²) < 4.78 is 6.71. The molecule has 4 nitrogen and oxygen atoms in total. The molecule has 3 aromatic rings. The Kier molecular flexibility index (Phi) is 3.26. The predicted molar refractivity (Wildman–Crippen MR) is 76.5 cm³/mol. The third-order valence-corrected chi connectivity index (χ3v) is 3.76. The van der Waals surface area contributed by atoms with Gasteiger partial charge < -0.3 is 4.74 Å². The maximum atomic E-state index is 5.95. The van der Waals surface area contributed by atoms with E-state index in [2.05, 4.69) is 15.0 Å². The molecule has 0 atom stereocenters. The molecule has 0 saturated heterocycles. The fourth-order valence-corrected chi connectivity index (χ4v) is 2.66. The minimum absolute atomic E-state index is 0.0879. The zero-order valence-electron chi connectivity index (χ0n) is 9.72. The van der Waals surface area contributed by atoms with Crippen molar-refractivity contribution in [3.63, 3.8) is 0 Å². The predicted octanol–water partition coefficient (Wildman–Crippen LogP) is 4.49. The Balaban J connectivity index is 1.98. The first-order valence-electron chi connectivity index (χ1n) is 5.35. The minimum atomic E-state index is 0.0879. The zero-order chi connectivity index (χ0) is 13.4. The first kappa shape index (κ1) is 12.6. The Labute approximate surface area is 123 Å². The molecule has 0 spiro atoms. The van der Waals surface area contributed by atoms with Gasteiger partial charge in [0.2, 0.25) is 11.2 Å². The number of aryl methyl sites for hydroxylation is 1. The van der Waals surface area contributed by atoms with Gasteiger partial charge in [0.15, 0.2) is 0 Å². The minimum Gasteiger partial charge on any atom is -0.437 e. The summed E-state index contributed by atoms with van der Waals surface area (Å²) >= 11 is 13.3. The molecule has 0 fully saturated rings. The van der Waals surface area contributed by atoms with E-state index in [1.54, 1.807) is 11.3 Å². The van der Waals surface area contributed by atoms with Crippen LogP contribution >= 0.6 is 34.5 Å².